The molecule has 1 saturated carbocycles. The minimum absolute atomic E-state index is 0.672. The summed E-state index contributed by atoms with van der Waals surface area (Å²) in [5, 5.41) is 0. The van der Waals surface area contributed by atoms with Gasteiger partial charge in [-0.3, -0.25) is 0 Å². The molecule has 86 valence electrons. The van der Waals surface area contributed by atoms with Crippen LogP contribution in [-0.2, 0) is 12.8 Å². The van der Waals surface area contributed by atoms with Gasteiger partial charge in [-0.15, -0.1) is 0 Å². The molecule has 2 aliphatic carbocycles. The average Bonchev–Trinajstić information content (AvgIpc) is 2.98. The minimum Gasteiger partial charge on any atom is -0.398 e. The predicted molar refractivity (Wildman–Crippen MR) is 68.8 cm³/mol. The van der Waals surface area contributed by atoms with E-state index >= 15 is 0 Å². The van der Waals surface area contributed by atoms with E-state index in [9.17, 15) is 0 Å². The van der Waals surface area contributed by atoms with Gasteiger partial charge in [0.15, 0.2) is 0 Å². The number of rotatable bonds is 2. The second kappa shape index (κ2) is 3.51. The molecule has 1 atom stereocenters. The van der Waals surface area contributed by atoms with Crippen LogP contribution in [-0.4, -0.2) is 0 Å². The van der Waals surface area contributed by atoms with Gasteiger partial charge < -0.3 is 5.73 Å². The summed E-state index contributed by atoms with van der Waals surface area (Å²) in [6.45, 7) is 4.60. The van der Waals surface area contributed by atoms with Crippen LogP contribution >= 0.6 is 0 Å². The van der Waals surface area contributed by atoms with Crippen LogP contribution in [0.2, 0.25) is 0 Å². The smallest absolute Gasteiger partial charge is 0.0387 e. The Morgan fingerprint density at radius 1 is 1.31 bits per heavy atom. The number of benzene rings is 1. The van der Waals surface area contributed by atoms with Crippen molar-refractivity contribution >= 4 is 5.69 Å². The molecule has 1 aromatic rings. The zero-order chi connectivity index (χ0) is 11.3. The number of anilines is 1. The van der Waals surface area contributed by atoms with Crippen molar-refractivity contribution in [3.63, 3.8) is 0 Å². The van der Waals surface area contributed by atoms with Gasteiger partial charge in [-0.1, -0.05) is 13.0 Å². The van der Waals surface area contributed by atoms with Gasteiger partial charge in [0.2, 0.25) is 0 Å². The third kappa shape index (κ3) is 1.45. The highest BCUT2D eigenvalue weighted by Gasteiger charge is 2.32. The molecule has 0 spiro atoms. The van der Waals surface area contributed by atoms with Gasteiger partial charge in [0.1, 0.15) is 0 Å². The highest BCUT2D eigenvalue weighted by Crippen LogP contribution is 2.46. The maximum absolute atomic E-state index is 6.40. The average molecular weight is 215 g/mol. The van der Waals surface area contributed by atoms with Crippen LogP contribution in [0.15, 0.2) is 6.07 Å². The topological polar surface area (TPSA) is 26.0 Å². The zero-order valence-electron chi connectivity index (χ0n) is 10.3. The zero-order valence-corrected chi connectivity index (χ0v) is 10.3. The lowest BCUT2D eigenvalue weighted by Gasteiger charge is -2.19. The van der Waals surface area contributed by atoms with Crippen molar-refractivity contribution in [3.05, 3.63) is 28.3 Å². The van der Waals surface area contributed by atoms with E-state index in [-0.39, 0.29) is 0 Å². The normalized spacial score (nSPS) is 20.9. The molecule has 1 fully saturated rings. The Morgan fingerprint density at radius 2 is 2.06 bits per heavy atom. The second-order valence-corrected chi connectivity index (χ2v) is 5.64. The van der Waals surface area contributed by atoms with E-state index < -0.39 is 0 Å². The lowest BCUT2D eigenvalue weighted by atomic mass is 9.87. The van der Waals surface area contributed by atoms with Crippen LogP contribution in [0, 0.1) is 12.8 Å². The van der Waals surface area contributed by atoms with E-state index in [0.717, 1.165) is 11.6 Å². The number of hydrogen-bond acceptors (Lipinski definition) is 1. The summed E-state index contributed by atoms with van der Waals surface area (Å²) in [5.41, 5.74) is 13.4. The summed E-state index contributed by atoms with van der Waals surface area (Å²) in [4.78, 5) is 0. The van der Waals surface area contributed by atoms with Gasteiger partial charge in [0, 0.05) is 5.69 Å². The van der Waals surface area contributed by atoms with E-state index in [1.807, 2.05) is 0 Å². The number of nitrogen functional groups attached to an aromatic ring is 1. The summed E-state index contributed by atoms with van der Waals surface area (Å²) in [5.74, 6) is 1.58. The molecule has 1 nitrogen and oxygen atoms in total. The molecule has 0 unspecified atom stereocenters. The molecule has 2 aliphatic rings. The highest BCUT2D eigenvalue weighted by atomic mass is 14.6. The Morgan fingerprint density at radius 3 is 2.75 bits per heavy atom. The van der Waals surface area contributed by atoms with Crippen molar-refractivity contribution in [2.45, 2.75) is 51.9 Å². The Hall–Kier alpha value is -0.980. The van der Waals surface area contributed by atoms with Crippen molar-refractivity contribution in [1.82, 2.24) is 0 Å². The number of nitrogens with two attached hydrogens (primary N) is 1. The molecule has 16 heavy (non-hydrogen) atoms. The van der Waals surface area contributed by atoms with E-state index in [0.29, 0.717) is 5.92 Å². The van der Waals surface area contributed by atoms with Gasteiger partial charge in [-0.25, -0.2) is 0 Å². The Bertz CT molecular complexity index is 430. The van der Waals surface area contributed by atoms with Gasteiger partial charge in [0.05, 0.1) is 0 Å². The first kappa shape index (κ1) is 10.2. The SMILES string of the molecule is Cc1cc2c(c(N)c1[C@H](C)C1CC1)CCC2. The molecular weight excluding hydrogens is 194 g/mol. The molecule has 0 aromatic heterocycles. The molecule has 0 aliphatic heterocycles. The first-order chi connectivity index (χ1) is 7.68. The van der Waals surface area contributed by atoms with Crippen molar-refractivity contribution in [2.75, 3.05) is 5.73 Å². The van der Waals surface area contributed by atoms with Crippen LogP contribution in [0.5, 0.6) is 0 Å². The quantitative estimate of drug-likeness (QED) is 0.750. The van der Waals surface area contributed by atoms with Gasteiger partial charge in [0.25, 0.3) is 0 Å². The Kier molecular flexibility index (Phi) is 2.24. The van der Waals surface area contributed by atoms with E-state index in [1.54, 1.807) is 0 Å². The summed E-state index contributed by atoms with van der Waals surface area (Å²) in [7, 11) is 0. The lowest BCUT2D eigenvalue weighted by molar-refractivity contribution is 0.661. The summed E-state index contributed by atoms with van der Waals surface area (Å²) >= 11 is 0. The van der Waals surface area contributed by atoms with Crippen molar-refractivity contribution < 1.29 is 0 Å². The van der Waals surface area contributed by atoms with Crippen molar-refractivity contribution in [1.29, 1.82) is 0 Å². The molecule has 0 amide bonds. The first-order valence-electron chi connectivity index (χ1n) is 6.59. The third-order valence-corrected chi connectivity index (χ3v) is 4.48. The molecule has 0 heterocycles. The summed E-state index contributed by atoms with van der Waals surface area (Å²) in [6, 6.07) is 2.40. The van der Waals surface area contributed by atoms with Crippen LogP contribution in [0.1, 0.15) is 54.4 Å². The summed E-state index contributed by atoms with van der Waals surface area (Å²) < 4.78 is 0. The van der Waals surface area contributed by atoms with Gasteiger partial charge >= 0.3 is 0 Å². The van der Waals surface area contributed by atoms with Gasteiger partial charge in [-0.2, -0.15) is 0 Å². The third-order valence-electron chi connectivity index (χ3n) is 4.48. The Labute approximate surface area is 98.0 Å². The molecular formula is C15H21N. The highest BCUT2D eigenvalue weighted by molar-refractivity contribution is 5.63. The fourth-order valence-electron chi connectivity index (χ4n) is 3.38. The molecule has 0 radical (unpaired) electrons. The van der Waals surface area contributed by atoms with Crippen LogP contribution in [0.4, 0.5) is 5.69 Å². The van der Waals surface area contributed by atoms with Crippen molar-refractivity contribution in [2.24, 2.45) is 5.92 Å². The number of hydrogen-bond donors (Lipinski definition) is 1. The fourth-order valence-corrected chi connectivity index (χ4v) is 3.38. The van der Waals surface area contributed by atoms with E-state index in [4.69, 9.17) is 5.73 Å². The molecule has 1 heteroatoms. The molecule has 0 saturated heterocycles. The first-order valence-corrected chi connectivity index (χ1v) is 6.59. The lowest BCUT2D eigenvalue weighted by Crippen LogP contribution is -2.07. The monoisotopic (exact) mass is 215 g/mol. The van der Waals surface area contributed by atoms with Crippen LogP contribution in [0.25, 0.3) is 0 Å². The molecule has 2 N–H and O–H groups in total. The maximum atomic E-state index is 6.40. The standard InChI is InChI=1S/C15H21N/c1-9-8-12-4-3-5-13(12)15(16)14(9)10(2)11-6-7-11/h8,10-11H,3-7,16H2,1-2H3/t10-/m1/s1. The van der Waals surface area contributed by atoms with E-state index in [2.05, 4.69) is 19.9 Å². The minimum atomic E-state index is 0.672. The number of fused-ring (bicyclic) bond motifs is 1. The number of aryl methyl sites for hydroxylation is 2. The van der Waals surface area contributed by atoms with Crippen LogP contribution in [0.3, 0.4) is 0 Å². The fraction of sp³-hybridized carbons (Fsp3) is 0.600. The second-order valence-electron chi connectivity index (χ2n) is 5.64. The van der Waals surface area contributed by atoms with Crippen molar-refractivity contribution in [3.8, 4) is 0 Å². The molecule has 0 bridgehead atoms. The van der Waals surface area contributed by atoms with Crippen LogP contribution < -0.4 is 5.73 Å². The largest absolute Gasteiger partial charge is 0.398 e. The van der Waals surface area contributed by atoms with E-state index in [1.165, 1.54) is 54.4 Å². The molecule has 1 aromatic carbocycles. The molecule has 3 rings (SSSR count). The van der Waals surface area contributed by atoms with Gasteiger partial charge in [-0.05, 0) is 73.1 Å². The predicted octanol–water partition coefficient (Wildman–Crippen LogP) is 3.58. The Balaban J connectivity index is 2.09. The summed E-state index contributed by atoms with van der Waals surface area (Å²) in [6.07, 6.45) is 6.53. The maximum Gasteiger partial charge on any atom is 0.0387 e.